The number of rotatable bonds is 12. The molecule has 0 aliphatic carbocycles. The predicted molar refractivity (Wildman–Crippen MR) is 159 cm³/mol. The quantitative estimate of drug-likeness (QED) is 0.190. The molecular weight excluding hydrogens is 519 g/mol. The minimum Gasteiger partial charge on any atom is -0.355 e. The maximum absolute atomic E-state index is 13.3. The number of hydrogen-bond donors (Lipinski definition) is 1. The van der Waals surface area contributed by atoms with Crippen LogP contribution in [0.25, 0.3) is 0 Å². The number of carbonyl (C=O) groups is 1. The van der Waals surface area contributed by atoms with Gasteiger partial charge in [0.15, 0.2) is 0 Å². The van der Waals surface area contributed by atoms with Gasteiger partial charge in [0, 0.05) is 37.0 Å². The normalized spacial score (nSPS) is 10.9. The van der Waals surface area contributed by atoms with Crippen molar-refractivity contribution in [3.05, 3.63) is 149 Å². The third kappa shape index (κ3) is 7.61. The van der Waals surface area contributed by atoms with Crippen LogP contribution < -0.4 is 10.2 Å². The van der Waals surface area contributed by atoms with Crippen molar-refractivity contribution in [2.24, 2.45) is 0 Å². The van der Waals surface area contributed by atoms with Crippen molar-refractivity contribution in [2.45, 2.75) is 25.3 Å². The fraction of sp³-hybridized carbons (Fsp3) is 0.182. The molecule has 5 rings (SSSR count). The van der Waals surface area contributed by atoms with Crippen molar-refractivity contribution in [2.75, 3.05) is 18.0 Å². The van der Waals surface area contributed by atoms with Crippen LogP contribution in [0.4, 0.5) is 9.52 Å². The van der Waals surface area contributed by atoms with Crippen molar-refractivity contribution >= 4 is 22.6 Å². The zero-order chi connectivity index (χ0) is 27.6. The number of aromatic nitrogens is 2. The Kier molecular flexibility index (Phi) is 9.27. The summed E-state index contributed by atoms with van der Waals surface area (Å²) in [6.07, 6.45) is 1.29. The molecule has 5 aromatic rings. The van der Waals surface area contributed by atoms with Gasteiger partial charge < -0.3 is 10.2 Å². The van der Waals surface area contributed by atoms with Crippen LogP contribution >= 0.6 is 11.5 Å². The lowest BCUT2D eigenvalue weighted by molar-refractivity contribution is -0.119. The number of amides is 1. The van der Waals surface area contributed by atoms with Crippen molar-refractivity contribution in [1.82, 2.24) is 14.7 Å². The Labute approximate surface area is 238 Å². The SMILES string of the molecule is O=C(CN(Cc1ccccc1)c1nc(Cc2ccc(F)cc2)ns1)NCCC(c1ccccc1)c1ccccc1. The van der Waals surface area contributed by atoms with E-state index in [4.69, 9.17) is 4.98 Å². The van der Waals surface area contributed by atoms with Crippen LogP contribution in [-0.2, 0) is 17.8 Å². The molecule has 0 saturated heterocycles. The number of carbonyl (C=O) groups excluding carboxylic acids is 1. The standard InChI is InChI=1S/C33H31FN4OS/c34-29-18-16-25(17-19-29)22-31-36-33(40-37-31)38(23-26-10-4-1-5-11-26)24-32(39)35-21-20-30(27-12-6-2-7-13-27)28-14-8-3-9-15-28/h1-19,30H,20-24H2,(H,35,39). The van der Waals surface area contributed by atoms with Crippen LogP contribution in [0.15, 0.2) is 115 Å². The minimum absolute atomic E-state index is 0.0638. The summed E-state index contributed by atoms with van der Waals surface area (Å²) in [4.78, 5) is 19.9. The molecule has 1 heterocycles. The van der Waals surface area contributed by atoms with Crippen LogP contribution in [0.5, 0.6) is 0 Å². The molecule has 0 bridgehead atoms. The van der Waals surface area contributed by atoms with Gasteiger partial charge in [-0.1, -0.05) is 103 Å². The molecule has 0 unspecified atom stereocenters. The average molecular weight is 551 g/mol. The molecule has 0 atom stereocenters. The van der Waals surface area contributed by atoms with Crippen molar-refractivity contribution in [1.29, 1.82) is 0 Å². The van der Waals surface area contributed by atoms with E-state index >= 15 is 0 Å². The second kappa shape index (κ2) is 13.6. The molecule has 1 amide bonds. The summed E-state index contributed by atoms with van der Waals surface area (Å²) < 4.78 is 17.8. The van der Waals surface area contributed by atoms with Crippen LogP contribution in [0.2, 0.25) is 0 Å². The van der Waals surface area contributed by atoms with E-state index in [1.165, 1.54) is 34.8 Å². The monoisotopic (exact) mass is 550 g/mol. The van der Waals surface area contributed by atoms with Gasteiger partial charge in [0.1, 0.15) is 11.6 Å². The molecule has 0 aliphatic rings. The summed E-state index contributed by atoms with van der Waals surface area (Å²) in [5.74, 6) is 0.514. The first-order valence-corrected chi connectivity index (χ1v) is 14.1. The number of halogens is 1. The maximum atomic E-state index is 13.3. The first-order valence-electron chi connectivity index (χ1n) is 13.4. The van der Waals surface area contributed by atoms with Crippen LogP contribution in [-0.4, -0.2) is 28.4 Å². The number of nitrogens with one attached hydrogen (secondary N) is 1. The van der Waals surface area contributed by atoms with E-state index < -0.39 is 0 Å². The summed E-state index contributed by atoms with van der Waals surface area (Å²) >= 11 is 1.28. The van der Waals surface area contributed by atoms with E-state index in [1.54, 1.807) is 12.1 Å². The first kappa shape index (κ1) is 27.2. The highest BCUT2D eigenvalue weighted by Gasteiger charge is 2.19. The molecule has 0 radical (unpaired) electrons. The summed E-state index contributed by atoms with van der Waals surface area (Å²) in [7, 11) is 0. The van der Waals surface area contributed by atoms with Gasteiger partial charge in [-0.15, -0.1) is 0 Å². The summed E-state index contributed by atoms with van der Waals surface area (Å²) in [6.45, 7) is 1.26. The van der Waals surface area contributed by atoms with Gasteiger partial charge in [0.25, 0.3) is 0 Å². The Morgan fingerprint density at radius 2 is 1.40 bits per heavy atom. The van der Waals surface area contributed by atoms with Gasteiger partial charge in [0.2, 0.25) is 11.0 Å². The molecule has 202 valence electrons. The fourth-order valence-corrected chi connectivity index (χ4v) is 5.39. The molecule has 0 spiro atoms. The molecule has 4 aromatic carbocycles. The van der Waals surface area contributed by atoms with E-state index in [0.29, 0.717) is 30.5 Å². The number of nitrogens with zero attached hydrogens (tertiary/aromatic N) is 3. The molecule has 1 N–H and O–H groups in total. The Balaban J connectivity index is 1.25. The first-order chi connectivity index (χ1) is 19.6. The molecule has 7 heteroatoms. The number of hydrogen-bond acceptors (Lipinski definition) is 5. The highest BCUT2D eigenvalue weighted by atomic mass is 32.1. The summed E-state index contributed by atoms with van der Waals surface area (Å²) in [5.41, 5.74) is 4.48. The fourth-order valence-electron chi connectivity index (χ4n) is 4.71. The average Bonchev–Trinajstić information content (AvgIpc) is 3.46. The third-order valence-electron chi connectivity index (χ3n) is 6.71. The molecular formula is C33H31FN4OS. The highest BCUT2D eigenvalue weighted by molar-refractivity contribution is 7.09. The molecule has 1 aromatic heterocycles. The van der Waals surface area contributed by atoms with Gasteiger partial charge in [0.05, 0.1) is 6.54 Å². The van der Waals surface area contributed by atoms with Gasteiger partial charge in [-0.3, -0.25) is 4.79 Å². The second-order valence-electron chi connectivity index (χ2n) is 9.65. The van der Waals surface area contributed by atoms with Gasteiger partial charge >= 0.3 is 0 Å². The number of benzene rings is 4. The zero-order valence-electron chi connectivity index (χ0n) is 22.1. The van der Waals surface area contributed by atoms with Gasteiger partial charge in [-0.2, -0.15) is 4.37 Å². The maximum Gasteiger partial charge on any atom is 0.239 e. The number of anilines is 1. The Morgan fingerprint density at radius 3 is 2.02 bits per heavy atom. The second-order valence-corrected chi connectivity index (χ2v) is 10.4. The van der Waals surface area contributed by atoms with Crippen molar-refractivity contribution < 1.29 is 9.18 Å². The minimum atomic E-state index is -0.269. The molecule has 5 nitrogen and oxygen atoms in total. The lowest BCUT2D eigenvalue weighted by Crippen LogP contribution is -2.37. The van der Waals surface area contributed by atoms with Crippen LogP contribution in [0.3, 0.4) is 0 Å². The molecule has 0 saturated carbocycles. The lowest BCUT2D eigenvalue weighted by atomic mass is 9.88. The Hall–Kier alpha value is -4.36. The van der Waals surface area contributed by atoms with E-state index in [1.807, 2.05) is 47.4 Å². The summed E-state index contributed by atoms with van der Waals surface area (Å²) in [6, 6.07) is 37.2. The van der Waals surface area contributed by atoms with Crippen LogP contribution in [0.1, 0.15) is 40.4 Å². The van der Waals surface area contributed by atoms with E-state index in [0.717, 1.165) is 17.5 Å². The molecule has 40 heavy (non-hydrogen) atoms. The van der Waals surface area contributed by atoms with Crippen molar-refractivity contribution in [3.63, 3.8) is 0 Å². The Morgan fingerprint density at radius 1 is 0.800 bits per heavy atom. The van der Waals surface area contributed by atoms with Gasteiger partial charge in [-0.05, 0) is 40.8 Å². The van der Waals surface area contributed by atoms with Crippen molar-refractivity contribution in [3.8, 4) is 0 Å². The predicted octanol–water partition coefficient (Wildman–Crippen LogP) is 6.61. The third-order valence-corrected chi connectivity index (χ3v) is 7.53. The van der Waals surface area contributed by atoms with E-state index in [2.05, 4.69) is 58.2 Å². The largest absolute Gasteiger partial charge is 0.355 e. The lowest BCUT2D eigenvalue weighted by Gasteiger charge is -2.22. The van der Waals surface area contributed by atoms with E-state index in [-0.39, 0.29) is 24.2 Å². The van der Waals surface area contributed by atoms with E-state index in [9.17, 15) is 9.18 Å². The van der Waals surface area contributed by atoms with Crippen LogP contribution in [0, 0.1) is 5.82 Å². The highest BCUT2D eigenvalue weighted by Crippen LogP contribution is 2.27. The summed E-state index contributed by atoms with van der Waals surface area (Å²) in [5, 5.41) is 3.81. The Bertz CT molecular complexity index is 1440. The smallest absolute Gasteiger partial charge is 0.239 e. The topological polar surface area (TPSA) is 58.1 Å². The molecule has 0 fully saturated rings. The van der Waals surface area contributed by atoms with Gasteiger partial charge in [-0.25, -0.2) is 9.37 Å². The molecule has 0 aliphatic heterocycles. The zero-order valence-corrected chi connectivity index (χ0v) is 22.9.